The molecule has 0 nitrogen and oxygen atoms in total. The summed E-state index contributed by atoms with van der Waals surface area (Å²) in [5, 5.41) is 0. The van der Waals surface area contributed by atoms with E-state index in [1.54, 1.807) is 0 Å². The van der Waals surface area contributed by atoms with Crippen LogP contribution in [-0.4, -0.2) is 7.28 Å². The highest BCUT2D eigenvalue weighted by atomic mass is 79.9. The number of benzene rings is 3. The Morgan fingerprint density at radius 1 is 0.630 bits per heavy atom. The van der Waals surface area contributed by atoms with Crippen molar-refractivity contribution in [1.82, 2.24) is 0 Å². The summed E-state index contributed by atoms with van der Waals surface area (Å²) in [5.41, 5.74) is 12.7. The third-order valence-electron chi connectivity index (χ3n) is 6.79. The standard InChI is InChI=1S/C25H23BBr/c1-24(2)20-10-14(26-5)6-8-16(20)18-12-23-19(13-22(18)24)17-9-7-15(27)11-21(17)25(23,3)4/h6-13H,1-5H3. The van der Waals surface area contributed by atoms with Crippen LogP contribution in [0.1, 0.15) is 49.9 Å². The molecule has 3 aromatic rings. The molecule has 0 saturated heterocycles. The zero-order valence-electron chi connectivity index (χ0n) is 16.6. The highest BCUT2D eigenvalue weighted by molar-refractivity contribution is 9.10. The molecule has 27 heavy (non-hydrogen) atoms. The molecule has 133 valence electrons. The van der Waals surface area contributed by atoms with Gasteiger partial charge in [-0.25, -0.2) is 0 Å². The van der Waals surface area contributed by atoms with Crippen LogP contribution in [0.5, 0.6) is 0 Å². The number of fused-ring (bicyclic) bond motifs is 6. The number of halogens is 1. The van der Waals surface area contributed by atoms with E-state index in [4.69, 9.17) is 0 Å². The zero-order chi connectivity index (χ0) is 19.1. The zero-order valence-corrected chi connectivity index (χ0v) is 18.2. The van der Waals surface area contributed by atoms with Crippen molar-refractivity contribution in [2.24, 2.45) is 0 Å². The Morgan fingerprint density at radius 2 is 1.11 bits per heavy atom. The van der Waals surface area contributed by atoms with Crippen LogP contribution < -0.4 is 5.46 Å². The molecule has 2 aliphatic rings. The van der Waals surface area contributed by atoms with Crippen LogP contribution in [0, 0.1) is 0 Å². The Labute approximate surface area is 171 Å². The Bertz CT molecular complexity index is 1120. The molecule has 5 rings (SSSR count). The van der Waals surface area contributed by atoms with E-state index in [1.807, 2.05) is 0 Å². The average molecular weight is 414 g/mol. The van der Waals surface area contributed by atoms with Gasteiger partial charge in [-0.1, -0.05) is 80.2 Å². The number of hydrogen-bond acceptors (Lipinski definition) is 0. The molecule has 3 aromatic carbocycles. The van der Waals surface area contributed by atoms with Gasteiger partial charge in [0.05, 0.1) is 0 Å². The van der Waals surface area contributed by atoms with Gasteiger partial charge in [0.15, 0.2) is 0 Å². The fraction of sp³-hybridized carbons (Fsp3) is 0.280. The van der Waals surface area contributed by atoms with Crippen molar-refractivity contribution < 1.29 is 0 Å². The summed E-state index contributed by atoms with van der Waals surface area (Å²) < 4.78 is 1.16. The van der Waals surface area contributed by atoms with Crippen LogP contribution in [0.3, 0.4) is 0 Å². The van der Waals surface area contributed by atoms with E-state index in [9.17, 15) is 0 Å². The van der Waals surface area contributed by atoms with E-state index in [0.29, 0.717) is 0 Å². The molecule has 0 unspecified atom stereocenters. The minimum Gasteiger partial charge on any atom is -0.0878 e. The van der Waals surface area contributed by atoms with Crippen molar-refractivity contribution in [3.63, 3.8) is 0 Å². The van der Waals surface area contributed by atoms with E-state index in [2.05, 4.69) is 106 Å². The first-order chi connectivity index (χ1) is 12.7. The lowest BCUT2D eigenvalue weighted by atomic mass is 9.71. The van der Waals surface area contributed by atoms with E-state index in [0.717, 1.165) is 4.47 Å². The lowest BCUT2D eigenvalue weighted by Crippen LogP contribution is -2.19. The minimum absolute atomic E-state index is 0.0213. The van der Waals surface area contributed by atoms with Crippen LogP contribution in [-0.2, 0) is 10.8 Å². The predicted molar refractivity (Wildman–Crippen MR) is 121 cm³/mol. The second-order valence-corrected chi connectivity index (χ2v) is 9.89. The van der Waals surface area contributed by atoms with Crippen LogP contribution >= 0.6 is 15.9 Å². The second-order valence-electron chi connectivity index (χ2n) is 8.98. The molecule has 0 aliphatic heterocycles. The maximum absolute atomic E-state index is 3.67. The topological polar surface area (TPSA) is 0 Å². The molecule has 0 aromatic heterocycles. The van der Waals surface area contributed by atoms with Crippen molar-refractivity contribution in [3.05, 3.63) is 75.3 Å². The molecule has 1 radical (unpaired) electrons. The Hall–Kier alpha value is -1.80. The first-order valence-electron chi connectivity index (χ1n) is 9.69. The van der Waals surface area contributed by atoms with Crippen molar-refractivity contribution in [3.8, 4) is 22.3 Å². The first kappa shape index (κ1) is 17.3. The molecule has 0 fully saturated rings. The summed E-state index contributed by atoms with van der Waals surface area (Å²) in [7, 11) is 2.19. The summed E-state index contributed by atoms with van der Waals surface area (Å²) >= 11 is 3.67. The van der Waals surface area contributed by atoms with Crippen LogP contribution in [0.25, 0.3) is 22.3 Å². The second kappa shape index (κ2) is 5.38. The van der Waals surface area contributed by atoms with Gasteiger partial charge in [0, 0.05) is 15.3 Å². The first-order valence-corrected chi connectivity index (χ1v) is 10.5. The smallest absolute Gasteiger partial charge is 0.0878 e. The van der Waals surface area contributed by atoms with E-state index in [1.165, 1.54) is 50.0 Å². The Morgan fingerprint density at radius 3 is 1.67 bits per heavy atom. The highest BCUT2D eigenvalue weighted by Gasteiger charge is 2.41. The number of rotatable bonds is 1. The third kappa shape index (κ3) is 2.17. The predicted octanol–water partition coefficient (Wildman–Crippen LogP) is 6.44. The van der Waals surface area contributed by atoms with Crippen LogP contribution in [0.15, 0.2) is 53.0 Å². The lowest BCUT2D eigenvalue weighted by Gasteiger charge is -2.24. The van der Waals surface area contributed by atoms with Crippen molar-refractivity contribution >= 4 is 28.7 Å². The highest BCUT2D eigenvalue weighted by Crippen LogP contribution is 2.55. The Balaban J connectivity index is 1.81. The van der Waals surface area contributed by atoms with Gasteiger partial charge < -0.3 is 0 Å². The average Bonchev–Trinajstić information content (AvgIpc) is 3.00. The van der Waals surface area contributed by atoms with Gasteiger partial charge in [-0.2, -0.15) is 0 Å². The maximum atomic E-state index is 3.67. The summed E-state index contributed by atoms with van der Waals surface area (Å²) in [5.74, 6) is 0. The minimum atomic E-state index is 0.0213. The normalized spacial score (nSPS) is 17.1. The van der Waals surface area contributed by atoms with E-state index >= 15 is 0 Å². The van der Waals surface area contributed by atoms with Crippen molar-refractivity contribution in [2.45, 2.75) is 45.3 Å². The van der Waals surface area contributed by atoms with Gasteiger partial charge in [-0.05, 0) is 68.8 Å². The van der Waals surface area contributed by atoms with E-state index < -0.39 is 0 Å². The molecule has 0 N–H and O–H groups in total. The van der Waals surface area contributed by atoms with Gasteiger partial charge in [0.25, 0.3) is 0 Å². The van der Waals surface area contributed by atoms with Crippen molar-refractivity contribution in [2.75, 3.05) is 0 Å². The molecule has 0 saturated carbocycles. The van der Waals surface area contributed by atoms with E-state index in [-0.39, 0.29) is 10.8 Å². The molecule has 2 aliphatic carbocycles. The monoisotopic (exact) mass is 413 g/mol. The SMILES string of the molecule is C[B]c1ccc2c(c1)C(C)(C)c1cc3c(cc1-2)C(C)(C)c1cc(Br)ccc1-3. The third-order valence-corrected chi connectivity index (χ3v) is 7.28. The summed E-state index contributed by atoms with van der Waals surface area (Å²) in [6.07, 6.45) is 0. The fourth-order valence-electron chi connectivity index (χ4n) is 5.13. The van der Waals surface area contributed by atoms with Gasteiger partial charge in [0.2, 0.25) is 0 Å². The molecule has 2 heteroatoms. The number of hydrogen-bond donors (Lipinski definition) is 0. The maximum Gasteiger partial charge on any atom is 0.148 e. The Kier molecular flexibility index (Phi) is 3.45. The van der Waals surface area contributed by atoms with Crippen molar-refractivity contribution in [1.29, 1.82) is 0 Å². The van der Waals surface area contributed by atoms with Gasteiger partial charge in [-0.3, -0.25) is 0 Å². The molecular weight excluding hydrogens is 391 g/mol. The fourth-order valence-corrected chi connectivity index (χ4v) is 5.49. The molecule has 0 heterocycles. The summed E-state index contributed by atoms with van der Waals surface area (Å²) in [6, 6.07) is 18.6. The molecule has 0 atom stereocenters. The summed E-state index contributed by atoms with van der Waals surface area (Å²) in [4.78, 5) is 0. The van der Waals surface area contributed by atoms with Gasteiger partial charge in [-0.15, -0.1) is 0 Å². The molecular formula is C25H23BBr. The quantitative estimate of drug-likeness (QED) is 0.402. The molecule has 0 spiro atoms. The summed E-state index contributed by atoms with van der Waals surface area (Å²) in [6.45, 7) is 11.6. The lowest BCUT2D eigenvalue weighted by molar-refractivity contribution is 0.652. The molecule has 0 amide bonds. The largest absolute Gasteiger partial charge is 0.148 e. The van der Waals surface area contributed by atoms with Gasteiger partial charge in [0.1, 0.15) is 7.28 Å². The van der Waals surface area contributed by atoms with Crippen LogP contribution in [0.2, 0.25) is 6.82 Å². The molecule has 0 bridgehead atoms. The van der Waals surface area contributed by atoms with Crippen LogP contribution in [0.4, 0.5) is 0 Å². The van der Waals surface area contributed by atoms with Gasteiger partial charge >= 0.3 is 0 Å².